The van der Waals surface area contributed by atoms with E-state index in [4.69, 9.17) is 11.6 Å². The van der Waals surface area contributed by atoms with Gasteiger partial charge in [-0.25, -0.2) is 0 Å². The maximum atomic E-state index is 12.7. The Morgan fingerprint density at radius 1 is 1.37 bits per heavy atom. The molecule has 0 unspecified atom stereocenters. The quantitative estimate of drug-likeness (QED) is 0.708. The number of Topliss-reactive ketones (excluding diaryl/α,β-unsaturated/α-hetero) is 1. The Labute approximate surface area is 165 Å². The number of carbonyl (C=O) groups is 2. The highest BCUT2D eigenvalue weighted by molar-refractivity contribution is 6.29. The van der Waals surface area contributed by atoms with Gasteiger partial charge in [-0.15, -0.1) is 11.6 Å². The third-order valence-electron chi connectivity index (χ3n) is 8.62. The number of rotatable bonds is 2. The summed E-state index contributed by atoms with van der Waals surface area (Å²) in [6.07, 6.45) is 7.54. The average Bonchev–Trinajstić information content (AvgIpc) is 2.82. The SMILES string of the molecule is C[C@@H]1C[C@H]2[C@@H]3CCC4=CC(=O)C=C[C@]4(C)[C@H]3[C@@H](O)C[C@]2(C)[C@@]1(O)C(=O)CCl. The summed E-state index contributed by atoms with van der Waals surface area (Å²) in [5.74, 6) is -0.326. The van der Waals surface area contributed by atoms with Crippen LogP contribution in [0.3, 0.4) is 0 Å². The number of aliphatic hydroxyl groups excluding tert-OH is 1. The largest absolute Gasteiger partial charge is 0.393 e. The first-order valence-electron chi connectivity index (χ1n) is 10.0. The fourth-order valence-electron chi connectivity index (χ4n) is 7.36. The molecule has 4 aliphatic rings. The molecule has 0 aromatic rings. The molecule has 0 saturated heterocycles. The molecular formula is C22H29ClO4. The molecule has 3 fully saturated rings. The van der Waals surface area contributed by atoms with E-state index < -0.39 is 17.1 Å². The van der Waals surface area contributed by atoms with Crippen LogP contribution in [0.1, 0.15) is 46.5 Å². The lowest BCUT2D eigenvalue weighted by atomic mass is 9.46. The van der Waals surface area contributed by atoms with Crippen molar-refractivity contribution in [2.45, 2.75) is 58.2 Å². The van der Waals surface area contributed by atoms with E-state index in [0.29, 0.717) is 6.42 Å². The van der Waals surface area contributed by atoms with Gasteiger partial charge in [-0.2, -0.15) is 0 Å². The van der Waals surface area contributed by atoms with E-state index in [1.807, 2.05) is 19.9 Å². The van der Waals surface area contributed by atoms with Crippen LogP contribution in [0.25, 0.3) is 0 Å². The summed E-state index contributed by atoms with van der Waals surface area (Å²) in [4.78, 5) is 24.5. The summed E-state index contributed by atoms with van der Waals surface area (Å²) in [5.41, 5.74) is -1.39. The lowest BCUT2D eigenvalue weighted by Crippen LogP contribution is -2.62. The molecule has 0 bridgehead atoms. The molecule has 4 nitrogen and oxygen atoms in total. The molecule has 148 valence electrons. The molecule has 5 heteroatoms. The Morgan fingerprint density at radius 2 is 2.07 bits per heavy atom. The lowest BCUT2D eigenvalue weighted by molar-refractivity contribution is -0.179. The number of hydrogen-bond acceptors (Lipinski definition) is 4. The second-order valence-corrected chi connectivity index (χ2v) is 9.94. The summed E-state index contributed by atoms with van der Waals surface area (Å²) < 4.78 is 0. The highest BCUT2D eigenvalue weighted by Gasteiger charge is 2.70. The highest BCUT2D eigenvalue weighted by Crippen LogP contribution is 2.68. The summed E-state index contributed by atoms with van der Waals surface area (Å²) >= 11 is 5.86. The molecule has 3 saturated carbocycles. The first kappa shape index (κ1) is 19.4. The number of aliphatic hydroxyl groups is 2. The van der Waals surface area contributed by atoms with E-state index in [1.165, 1.54) is 0 Å². The van der Waals surface area contributed by atoms with Crippen LogP contribution in [-0.2, 0) is 9.59 Å². The van der Waals surface area contributed by atoms with Gasteiger partial charge in [0.15, 0.2) is 11.6 Å². The molecule has 0 radical (unpaired) electrons. The molecule has 4 rings (SSSR count). The summed E-state index contributed by atoms with van der Waals surface area (Å²) in [5, 5.41) is 22.8. The monoisotopic (exact) mass is 392 g/mol. The van der Waals surface area contributed by atoms with Crippen LogP contribution in [0, 0.1) is 34.5 Å². The molecule has 0 aliphatic heterocycles. The van der Waals surface area contributed by atoms with Crippen molar-refractivity contribution < 1.29 is 19.8 Å². The Morgan fingerprint density at radius 3 is 2.74 bits per heavy atom. The van der Waals surface area contributed by atoms with Crippen LogP contribution < -0.4 is 0 Å². The minimum absolute atomic E-state index is 0.000536. The molecule has 0 heterocycles. The zero-order chi connectivity index (χ0) is 19.8. The van der Waals surface area contributed by atoms with Gasteiger partial charge in [-0.3, -0.25) is 9.59 Å². The fraction of sp³-hybridized carbons (Fsp3) is 0.727. The van der Waals surface area contributed by atoms with Crippen molar-refractivity contribution in [3.05, 3.63) is 23.8 Å². The number of alkyl halides is 1. The normalized spacial score (nSPS) is 51.3. The van der Waals surface area contributed by atoms with Crippen molar-refractivity contribution in [3.8, 4) is 0 Å². The molecule has 0 aromatic heterocycles. The second kappa shape index (κ2) is 6.01. The maximum absolute atomic E-state index is 12.7. The molecule has 2 N–H and O–H groups in total. The van der Waals surface area contributed by atoms with Gasteiger partial charge in [-0.05, 0) is 55.6 Å². The third-order valence-corrected chi connectivity index (χ3v) is 8.87. The van der Waals surface area contributed by atoms with Gasteiger partial charge in [0.25, 0.3) is 0 Å². The first-order chi connectivity index (χ1) is 12.6. The first-order valence-corrected chi connectivity index (χ1v) is 10.6. The Kier molecular flexibility index (Phi) is 4.31. The number of hydrogen-bond donors (Lipinski definition) is 2. The van der Waals surface area contributed by atoms with Gasteiger partial charge in [0.05, 0.1) is 12.0 Å². The van der Waals surface area contributed by atoms with Gasteiger partial charge in [0, 0.05) is 16.7 Å². The smallest absolute Gasteiger partial charge is 0.179 e. The predicted molar refractivity (Wildman–Crippen MR) is 103 cm³/mol. The Balaban J connectivity index is 1.78. The van der Waals surface area contributed by atoms with Gasteiger partial charge in [0.1, 0.15) is 5.60 Å². The maximum Gasteiger partial charge on any atom is 0.179 e. The van der Waals surface area contributed by atoms with Gasteiger partial charge < -0.3 is 10.2 Å². The summed E-state index contributed by atoms with van der Waals surface area (Å²) in [6, 6.07) is 0. The van der Waals surface area contributed by atoms with E-state index in [2.05, 4.69) is 6.92 Å². The number of allylic oxidation sites excluding steroid dienone is 4. The van der Waals surface area contributed by atoms with E-state index in [1.54, 1.807) is 12.2 Å². The zero-order valence-corrected chi connectivity index (χ0v) is 17.0. The zero-order valence-electron chi connectivity index (χ0n) is 16.2. The molecule has 4 aliphatic carbocycles. The number of halogens is 1. The molecule has 8 atom stereocenters. The van der Waals surface area contributed by atoms with Gasteiger partial charge >= 0.3 is 0 Å². The predicted octanol–water partition coefficient (Wildman–Crippen LogP) is 3.05. The average molecular weight is 393 g/mol. The number of carbonyl (C=O) groups excluding carboxylic acids is 2. The minimum Gasteiger partial charge on any atom is -0.393 e. The fourth-order valence-corrected chi connectivity index (χ4v) is 7.56. The standard InChI is InChI=1S/C22H29ClO4/c1-12-8-16-15-5-4-13-9-14(24)6-7-20(13,2)19(15)17(25)10-21(16,3)22(12,27)18(26)11-23/h6-7,9,12,15-17,19,25,27H,4-5,8,10-11H2,1-3H3/t12-,15+,16+,17+,19-,20+,21+,22+/m1/s1. The van der Waals surface area contributed by atoms with Crippen molar-refractivity contribution in [1.82, 2.24) is 0 Å². The molecular weight excluding hydrogens is 364 g/mol. The van der Waals surface area contributed by atoms with Crippen LogP contribution in [0.2, 0.25) is 0 Å². The van der Waals surface area contributed by atoms with E-state index in [0.717, 1.165) is 24.8 Å². The topological polar surface area (TPSA) is 74.6 Å². The summed E-state index contributed by atoms with van der Waals surface area (Å²) in [7, 11) is 0. The Hall–Kier alpha value is -0.970. The minimum atomic E-state index is -1.49. The number of fused-ring (bicyclic) bond motifs is 5. The van der Waals surface area contributed by atoms with Crippen LogP contribution in [-0.4, -0.2) is 39.4 Å². The van der Waals surface area contributed by atoms with Gasteiger partial charge in [-0.1, -0.05) is 32.4 Å². The van der Waals surface area contributed by atoms with Crippen LogP contribution in [0.4, 0.5) is 0 Å². The summed E-state index contributed by atoms with van der Waals surface area (Å²) in [6.45, 7) is 6.03. The van der Waals surface area contributed by atoms with Crippen molar-refractivity contribution in [1.29, 1.82) is 0 Å². The van der Waals surface area contributed by atoms with Crippen LogP contribution >= 0.6 is 11.6 Å². The molecule has 0 spiro atoms. The second-order valence-electron chi connectivity index (χ2n) is 9.67. The Bertz CT molecular complexity index is 757. The molecule has 0 amide bonds. The highest BCUT2D eigenvalue weighted by atomic mass is 35.5. The molecule has 27 heavy (non-hydrogen) atoms. The van der Waals surface area contributed by atoms with E-state index in [9.17, 15) is 19.8 Å². The van der Waals surface area contributed by atoms with E-state index in [-0.39, 0.29) is 46.5 Å². The van der Waals surface area contributed by atoms with Crippen molar-refractivity contribution in [2.75, 3.05) is 5.88 Å². The molecule has 0 aromatic carbocycles. The number of ketones is 2. The van der Waals surface area contributed by atoms with Crippen LogP contribution in [0.15, 0.2) is 23.8 Å². The van der Waals surface area contributed by atoms with Crippen LogP contribution in [0.5, 0.6) is 0 Å². The van der Waals surface area contributed by atoms with E-state index >= 15 is 0 Å². The third kappa shape index (κ3) is 2.30. The van der Waals surface area contributed by atoms with Crippen molar-refractivity contribution >= 4 is 23.2 Å². The lowest BCUT2D eigenvalue weighted by Gasteiger charge is -2.59. The van der Waals surface area contributed by atoms with Crippen molar-refractivity contribution in [2.24, 2.45) is 34.5 Å². The van der Waals surface area contributed by atoms with Gasteiger partial charge in [0.2, 0.25) is 0 Å². The van der Waals surface area contributed by atoms with Crippen molar-refractivity contribution in [3.63, 3.8) is 0 Å².